The summed E-state index contributed by atoms with van der Waals surface area (Å²) in [5.41, 5.74) is 1.09. The first kappa shape index (κ1) is 14.0. The molecular formula is C14H19FN2O2. The topological polar surface area (TPSA) is 52.6 Å². The van der Waals surface area contributed by atoms with Crippen LogP contribution in [-0.2, 0) is 11.3 Å². The van der Waals surface area contributed by atoms with Crippen LogP contribution in [-0.4, -0.2) is 47.3 Å². The predicted molar refractivity (Wildman–Crippen MR) is 70.2 cm³/mol. The highest BCUT2D eigenvalue weighted by Crippen LogP contribution is 2.17. The maximum absolute atomic E-state index is 13.8. The first-order chi connectivity index (χ1) is 9.06. The number of carbonyl (C=O) groups excluding carboxylic acids is 1. The third-order valence-corrected chi connectivity index (χ3v) is 3.31. The average molecular weight is 266 g/mol. The van der Waals surface area contributed by atoms with Gasteiger partial charge in [0.1, 0.15) is 12.3 Å². The van der Waals surface area contributed by atoms with Crippen LogP contribution in [0.15, 0.2) is 30.3 Å². The second-order valence-corrected chi connectivity index (χ2v) is 4.99. The predicted octanol–water partition coefficient (Wildman–Crippen LogP) is 0.706. The number of alkyl halides is 1. The monoisotopic (exact) mass is 266 g/mol. The van der Waals surface area contributed by atoms with Crippen molar-refractivity contribution in [2.24, 2.45) is 0 Å². The molecule has 1 aliphatic rings. The zero-order valence-electron chi connectivity index (χ0n) is 10.9. The molecule has 1 aromatic carbocycles. The van der Waals surface area contributed by atoms with Gasteiger partial charge in [-0.05, 0) is 5.56 Å². The van der Waals surface area contributed by atoms with E-state index in [0.29, 0.717) is 13.1 Å². The molecule has 2 rings (SSSR count). The van der Waals surface area contributed by atoms with Crippen LogP contribution < -0.4 is 5.32 Å². The summed E-state index contributed by atoms with van der Waals surface area (Å²) in [7, 11) is 0. The molecule has 0 unspecified atom stereocenters. The number of benzene rings is 1. The quantitative estimate of drug-likeness (QED) is 0.847. The molecule has 1 amide bonds. The van der Waals surface area contributed by atoms with Gasteiger partial charge in [0.25, 0.3) is 0 Å². The lowest BCUT2D eigenvalue weighted by Crippen LogP contribution is -2.59. The van der Waals surface area contributed by atoms with Crippen LogP contribution >= 0.6 is 0 Å². The second-order valence-electron chi connectivity index (χ2n) is 4.99. The smallest absolute Gasteiger partial charge is 0.217 e. The Bertz CT molecular complexity index is 427. The number of rotatable bonds is 3. The van der Waals surface area contributed by atoms with E-state index in [1.807, 2.05) is 35.2 Å². The Morgan fingerprint density at radius 1 is 1.42 bits per heavy atom. The number of hydrogen-bond donors (Lipinski definition) is 2. The largest absolute Gasteiger partial charge is 0.388 e. The third kappa shape index (κ3) is 3.75. The second kappa shape index (κ2) is 6.12. The molecule has 0 saturated carbocycles. The maximum Gasteiger partial charge on any atom is 0.217 e. The van der Waals surface area contributed by atoms with Crippen LogP contribution in [0.3, 0.4) is 0 Å². The molecular weight excluding hydrogens is 247 g/mol. The minimum absolute atomic E-state index is 0.187. The zero-order valence-corrected chi connectivity index (χ0v) is 10.9. The van der Waals surface area contributed by atoms with Crippen LogP contribution in [0.2, 0.25) is 0 Å². The van der Waals surface area contributed by atoms with Gasteiger partial charge < -0.3 is 10.4 Å². The summed E-state index contributed by atoms with van der Waals surface area (Å²) >= 11 is 0. The van der Waals surface area contributed by atoms with Crippen LogP contribution in [0.1, 0.15) is 12.5 Å². The molecule has 0 bridgehead atoms. The fraction of sp³-hybridized carbons (Fsp3) is 0.500. The van der Waals surface area contributed by atoms with Crippen molar-refractivity contribution in [3.8, 4) is 0 Å². The first-order valence-electron chi connectivity index (χ1n) is 6.42. The standard InChI is InChI=1S/C14H19FN2O2/c1-10(18)16-13-9-17(8-12(15)14(13)19)7-11-5-3-2-4-6-11/h2-6,12-14,19H,7-9H2,1H3,(H,16,18)/t12-,13-,14-/m0/s1. The number of carbonyl (C=O) groups is 1. The van der Waals surface area contributed by atoms with Gasteiger partial charge in [0.2, 0.25) is 5.91 Å². The van der Waals surface area contributed by atoms with Crippen molar-refractivity contribution in [1.29, 1.82) is 0 Å². The molecule has 0 aromatic heterocycles. The van der Waals surface area contributed by atoms with Crippen molar-refractivity contribution >= 4 is 5.91 Å². The fourth-order valence-corrected chi connectivity index (χ4v) is 2.43. The average Bonchev–Trinajstić information content (AvgIpc) is 2.36. The third-order valence-electron chi connectivity index (χ3n) is 3.31. The molecule has 0 radical (unpaired) electrons. The number of hydrogen-bond acceptors (Lipinski definition) is 3. The Labute approximate surface area is 112 Å². The van der Waals surface area contributed by atoms with E-state index in [-0.39, 0.29) is 12.5 Å². The van der Waals surface area contributed by atoms with E-state index in [1.165, 1.54) is 6.92 Å². The normalized spacial score (nSPS) is 28.1. The Hall–Kier alpha value is -1.46. The zero-order chi connectivity index (χ0) is 13.8. The molecule has 104 valence electrons. The van der Waals surface area contributed by atoms with E-state index in [1.54, 1.807) is 0 Å². The highest BCUT2D eigenvalue weighted by Gasteiger charge is 2.36. The van der Waals surface area contributed by atoms with E-state index in [4.69, 9.17) is 0 Å². The van der Waals surface area contributed by atoms with Gasteiger partial charge in [-0.2, -0.15) is 0 Å². The van der Waals surface area contributed by atoms with E-state index < -0.39 is 18.3 Å². The summed E-state index contributed by atoms with van der Waals surface area (Å²) in [6.07, 6.45) is -2.47. The molecule has 5 heteroatoms. The molecule has 1 saturated heterocycles. The Kier molecular flexibility index (Phi) is 4.50. The van der Waals surface area contributed by atoms with Crippen LogP contribution in [0.25, 0.3) is 0 Å². The molecule has 1 aromatic rings. The molecule has 19 heavy (non-hydrogen) atoms. The first-order valence-corrected chi connectivity index (χ1v) is 6.42. The molecule has 1 fully saturated rings. The van der Waals surface area contributed by atoms with Crippen molar-refractivity contribution in [2.75, 3.05) is 13.1 Å². The molecule has 0 spiro atoms. The van der Waals surface area contributed by atoms with Crippen molar-refractivity contribution < 1.29 is 14.3 Å². The van der Waals surface area contributed by atoms with Crippen molar-refractivity contribution in [1.82, 2.24) is 10.2 Å². The molecule has 0 aliphatic carbocycles. The number of aliphatic hydroxyl groups is 1. The van der Waals surface area contributed by atoms with E-state index in [9.17, 15) is 14.3 Å². The lowest BCUT2D eigenvalue weighted by Gasteiger charge is -2.38. The van der Waals surface area contributed by atoms with Gasteiger partial charge in [-0.1, -0.05) is 30.3 Å². The summed E-state index contributed by atoms with van der Waals surface area (Å²) in [5, 5.41) is 12.4. The Morgan fingerprint density at radius 3 is 2.74 bits per heavy atom. The van der Waals surface area contributed by atoms with Gasteiger partial charge in [0.15, 0.2) is 0 Å². The van der Waals surface area contributed by atoms with Gasteiger partial charge in [0, 0.05) is 26.6 Å². The fourth-order valence-electron chi connectivity index (χ4n) is 2.43. The van der Waals surface area contributed by atoms with Crippen molar-refractivity contribution in [3.63, 3.8) is 0 Å². The summed E-state index contributed by atoms with van der Waals surface area (Å²) in [6.45, 7) is 2.63. The number of nitrogens with one attached hydrogen (secondary N) is 1. The van der Waals surface area contributed by atoms with E-state index >= 15 is 0 Å². The summed E-state index contributed by atoms with van der Waals surface area (Å²) in [6, 6.07) is 9.21. The number of nitrogens with zero attached hydrogens (tertiary/aromatic N) is 1. The van der Waals surface area contributed by atoms with Crippen LogP contribution in [0.5, 0.6) is 0 Å². The number of aliphatic hydroxyl groups excluding tert-OH is 1. The summed E-state index contributed by atoms with van der Waals surface area (Å²) in [5.74, 6) is -0.252. The van der Waals surface area contributed by atoms with Gasteiger partial charge in [-0.15, -0.1) is 0 Å². The minimum Gasteiger partial charge on any atom is -0.388 e. The molecule has 1 heterocycles. The molecule has 1 aliphatic heterocycles. The minimum atomic E-state index is -1.34. The van der Waals surface area contributed by atoms with Gasteiger partial charge in [-0.25, -0.2) is 4.39 Å². The van der Waals surface area contributed by atoms with Gasteiger partial charge in [-0.3, -0.25) is 9.69 Å². The van der Waals surface area contributed by atoms with Crippen LogP contribution in [0.4, 0.5) is 4.39 Å². The van der Waals surface area contributed by atoms with E-state index in [2.05, 4.69) is 5.32 Å². The highest BCUT2D eigenvalue weighted by molar-refractivity contribution is 5.73. The maximum atomic E-state index is 13.8. The van der Waals surface area contributed by atoms with Crippen molar-refractivity contribution in [2.45, 2.75) is 31.8 Å². The number of likely N-dealkylation sites (tertiary alicyclic amines) is 1. The van der Waals surface area contributed by atoms with Gasteiger partial charge >= 0.3 is 0 Å². The van der Waals surface area contributed by atoms with E-state index in [0.717, 1.165) is 5.56 Å². The molecule has 3 atom stereocenters. The number of amides is 1. The van der Waals surface area contributed by atoms with Crippen molar-refractivity contribution in [3.05, 3.63) is 35.9 Å². The molecule has 2 N–H and O–H groups in total. The van der Waals surface area contributed by atoms with Gasteiger partial charge in [0.05, 0.1) is 6.04 Å². The molecule has 4 nitrogen and oxygen atoms in total. The Morgan fingerprint density at radius 2 is 2.11 bits per heavy atom. The number of halogens is 1. The Balaban J connectivity index is 2.00. The highest BCUT2D eigenvalue weighted by atomic mass is 19.1. The lowest BCUT2D eigenvalue weighted by atomic mass is 9.99. The lowest BCUT2D eigenvalue weighted by molar-refractivity contribution is -0.122. The SMILES string of the molecule is CC(=O)N[C@H]1CN(Cc2ccccc2)C[C@H](F)[C@@H]1O. The summed E-state index contributed by atoms with van der Waals surface area (Å²) in [4.78, 5) is 13.0. The number of piperidine rings is 1. The van der Waals surface area contributed by atoms with Crippen LogP contribution in [0, 0.1) is 0 Å². The summed E-state index contributed by atoms with van der Waals surface area (Å²) < 4.78 is 13.8.